The molecule has 0 bridgehead atoms. The van der Waals surface area contributed by atoms with Crippen molar-refractivity contribution in [3.8, 4) is 0 Å². The number of nitrogens with zero attached hydrogens (tertiary/aromatic N) is 1. The highest BCUT2D eigenvalue weighted by molar-refractivity contribution is 7.89. The van der Waals surface area contributed by atoms with Crippen molar-refractivity contribution in [3.05, 3.63) is 23.8 Å². The summed E-state index contributed by atoms with van der Waals surface area (Å²) in [5.41, 5.74) is 5.58. The first-order valence-electron chi connectivity index (χ1n) is 6.86. The molecule has 1 rings (SSSR count). The van der Waals surface area contributed by atoms with E-state index in [9.17, 15) is 18.3 Å². The summed E-state index contributed by atoms with van der Waals surface area (Å²) in [4.78, 5) is 11.0. The molecular weight excluding hydrogens is 292 g/mol. The Bertz CT molecular complexity index is 613. The van der Waals surface area contributed by atoms with Crippen LogP contribution in [0.15, 0.2) is 23.1 Å². The molecule has 0 fully saturated rings. The zero-order chi connectivity index (χ0) is 16.2. The molecule has 0 aliphatic heterocycles. The number of sulfonamides is 1. The van der Waals surface area contributed by atoms with E-state index in [4.69, 9.17) is 5.73 Å². The number of anilines is 1. The standard InChI is InChI=1S/C14H22N2O4S/c1-4-10(3)9-16(5-2)21(19,20)13-8-11(15)6-7-12(13)14(17)18/h6-8,10H,4-5,9,15H2,1-3H3,(H,17,18). The average molecular weight is 314 g/mol. The summed E-state index contributed by atoms with van der Waals surface area (Å²) >= 11 is 0. The minimum absolute atomic E-state index is 0.189. The number of benzene rings is 1. The molecule has 0 saturated carbocycles. The van der Waals surface area contributed by atoms with E-state index in [0.29, 0.717) is 6.54 Å². The predicted molar refractivity (Wildman–Crippen MR) is 81.7 cm³/mol. The van der Waals surface area contributed by atoms with Crippen LogP contribution in [0.1, 0.15) is 37.6 Å². The van der Waals surface area contributed by atoms with Gasteiger partial charge in [0.05, 0.1) is 10.5 Å². The van der Waals surface area contributed by atoms with Gasteiger partial charge < -0.3 is 10.8 Å². The molecule has 1 unspecified atom stereocenters. The van der Waals surface area contributed by atoms with Crippen LogP contribution in [-0.2, 0) is 10.0 Å². The van der Waals surface area contributed by atoms with Gasteiger partial charge in [-0.05, 0) is 24.1 Å². The maximum absolute atomic E-state index is 12.7. The third kappa shape index (κ3) is 3.95. The summed E-state index contributed by atoms with van der Waals surface area (Å²) in [7, 11) is -3.88. The van der Waals surface area contributed by atoms with Crippen molar-refractivity contribution in [1.29, 1.82) is 0 Å². The maximum Gasteiger partial charge on any atom is 0.337 e. The van der Waals surface area contributed by atoms with Gasteiger partial charge in [-0.3, -0.25) is 0 Å². The normalized spacial score (nSPS) is 13.3. The first-order valence-corrected chi connectivity index (χ1v) is 8.31. The monoisotopic (exact) mass is 314 g/mol. The highest BCUT2D eigenvalue weighted by atomic mass is 32.2. The molecule has 21 heavy (non-hydrogen) atoms. The zero-order valence-electron chi connectivity index (χ0n) is 12.5. The molecule has 7 heteroatoms. The number of nitrogens with two attached hydrogens (primary N) is 1. The summed E-state index contributed by atoms with van der Waals surface area (Å²) in [6, 6.07) is 3.81. The third-order valence-corrected chi connectivity index (χ3v) is 5.40. The molecule has 118 valence electrons. The minimum Gasteiger partial charge on any atom is -0.478 e. The van der Waals surface area contributed by atoms with E-state index in [1.807, 2.05) is 13.8 Å². The van der Waals surface area contributed by atoms with Gasteiger partial charge in [0, 0.05) is 18.8 Å². The molecule has 1 aromatic rings. The Morgan fingerprint density at radius 1 is 1.38 bits per heavy atom. The lowest BCUT2D eigenvalue weighted by Gasteiger charge is -2.24. The van der Waals surface area contributed by atoms with Crippen molar-refractivity contribution in [2.45, 2.75) is 32.1 Å². The van der Waals surface area contributed by atoms with E-state index in [1.165, 1.54) is 22.5 Å². The van der Waals surface area contributed by atoms with Crippen LogP contribution in [0, 0.1) is 5.92 Å². The molecule has 1 aromatic carbocycles. The van der Waals surface area contributed by atoms with Gasteiger partial charge in [0.1, 0.15) is 0 Å². The molecule has 1 atom stereocenters. The molecule has 0 aliphatic rings. The fourth-order valence-corrected chi connectivity index (χ4v) is 3.73. The van der Waals surface area contributed by atoms with Crippen molar-refractivity contribution in [3.63, 3.8) is 0 Å². The lowest BCUT2D eigenvalue weighted by molar-refractivity contribution is 0.0692. The summed E-state index contributed by atoms with van der Waals surface area (Å²) in [5.74, 6) is -1.10. The average Bonchev–Trinajstić information content (AvgIpc) is 2.43. The number of hydrogen-bond donors (Lipinski definition) is 2. The van der Waals surface area contributed by atoms with Crippen LogP contribution in [0.2, 0.25) is 0 Å². The number of nitrogen functional groups attached to an aromatic ring is 1. The molecule has 6 nitrogen and oxygen atoms in total. The Kier molecular flexibility index (Phi) is 5.74. The van der Waals surface area contributed by atoms with Gasteiger partial charge in [0.15, 0.2) is 0 Å². The van der Waals surface area contributed by atoms with E-state index in [1.54, 1.807) is 6.92 Å². The summed E-state index contributed by atoms with van der Waals surface area (Å²) < 4.78 is 26.7. The topological polar surface area (TPSA) is 101 Å². The molecule has 0 aliphatic carbocycles. The molecule has 3 N–H and O–H groups in total. The fraction of sp³-hybridized carbons (Fsp3) is 0.500. The first-order chi connectivity index (χ1) is 9.73. The van der Waals surface area contributed by atoms with Gasteiger partial charge in [0.2, 0.25) is 10.0 Å². The van der Waals surface area contributed by atoms with Gasteiger partial charge in [-0.25, -0.2) is 13.2 Å². The maximum atomic E-state index is 12.7. The van der Waals surface area contributed by atoms with Crippen LogP contribution in [0.25, 0.3) is 0 Å². The summed E-state index contributed by atoms with van der Waals surface area (Å²) in [6.45, 7) is 6.29. The van der Waals surface area contributed by atoms with Crippen LogP contribution < -0.4 is 5.73 Å². The fourth-order valence-electron chi connectivity index (χ4n) is 1.94. The van der Waals surface area contributed by atoms with E-state index < -0.39 is 16.0 Å². The van der Waals surface area contributed by atoms with E-state index in [-0.39, 0.29) is 28.6 Å². The Labute approximate surface area is 125 Å². The Morgan fingerprint density at radius 3 is 2.48 bits per heavy atom. The first kappa shape index (κ1) is 17.5. The Balaban J connectivity index is 3.34. The van der Waals surface area contributed by atoms with Crippen LogP contribution >= 0.6 is 0 Å². The van der Waals surface area contributed by atoms with Gasteiger partial charge in [-0.2, -0.15) is 4.31 Å². The lowest BCUT2D eigenvalue weighted by Crippen LogP contribution is -2.35. The number of aromatic carboxylic acids is 1. The van der Waals surface area contributed by atoms with Crippen molar-refractivity contribution >= 4 is 21.7 Å². The molecule has 0 radical (unpaired) electrons. The van der Waals surface area contributed by atoms with Crippen molar-refractivity contribution < 1.29 is 18.3 Å². The second kappa shape index (κ2) is 6.91. The highest BCUT2D eigenvalue weighted by Gasteiger charge is 2.29. The molecule has 0 amide bonds. The predicted octanol–water partition coefficient (Wildman–Crippen LogP) is 2.02. The number of carbonyl (C=O) groups is 1. The second-order valence-corrected chi connectivity index (χ2v) is 6.94. The lowest BCUT2D eigenvalue weighted by atomic mass is 10.1. The smallest absolute Gasteiger partial charge is 0.337 e. The van der Waals surface area contributed by atoms with Crippen LogP contribution in [-0.4, -0.2) is 36.9 Å². The number of rotatable bonds is 7. The van der Waals surface area contributed by atoms with Crippen molar-refractivity contribution in [2.75, 3.05) is 18.8 Å². The molecular formula is C14H22N2O4S. The van der Waals surface area contributed by atoms with Crippen molar-refractivity contribution in [1.82, 2.24) is 4.31 Å². The van der Waals surface area contributed by atoms with E-state index >= 15 is 0 Å². The Morgan fingerprint density at radius 2 is 2.00 bits per heavy atom. The van der Waals surface area contributed by atoms with Crippen LogP contribution in [0.3, 0.4) is 0 Å². The SMILES string of the molecule is CCC(C)CN(CC)S(=O)(=O)c1cc(N)ccc1C(=O)O. The third-order valence-electron chi connectivity index (χ3n) is 3.42. The summed E-state index contributed by atoms with van der Waals surface area (Å²) in [5, 5.41) is 9.18. The van der Waals surface area contributed by atoms with Gasteiger partial charge in [-0.15, -0.1) is 0 Å². The zero-order valence-corrected chi connectivity index (χ0v) is 13.4. The highest BCUT2D eigenvalue weighted by Crippen LogP contribution is 2.24. The van der Waals surface area contributed by atoms with Crippen molar-refractivity contribution in [2.24, 2.45) is 5.92 Å². The molecule has 0 spiro atoms. The minimum atomic E-state index is -3.88. The van der Waals surface area contributed by atoms with Gasteiger partial charge >= 0.3 is 5.97 Å². The molecule has 0 heterocycles. The van der Waals surface area contributed by atoms with Gasteiger partial charge in [0.25, 0.3) is 0 Å². The second-order valence-electron chi connectivity index (χ2n) is 5.03. The number of hydrogen-bond acceptors (Lipinski definition) is 4. The summed E-state index contributed by atoms with van der Waals surface area (Å²) in [6.07, 6.45) is 0.842. The van der Waals surface area contributed by atoms with Crippen LogP contribution in [0.5, 0.6) is 0 Å². The Hall–Kier alpha value is -1.60. The van der Waals surface area contributed by atoms with E-state index in [0.717, 1.165) is 6.42 Å². The largest absolute Gasteiger partial charge is 0.478 e. The van der Waals surface area contributed by atoms with Crippen LogP contribution in [0.4, 0.5) is 5.69 Å². The van der Waals surface area contributed by atoms with Gasteiger partial charge in [-0.1, -0.05) is 27.2 Å². The number of carboxylic acid groups (broad SMARTS) is 1. The van der Waals surface area contributed by atoms with E-state index in [2.05, 4.69) is 0 Å². The number of carboxylic acids is 1. The molecule has 0 aromatic heterocycles. The molecule has 0 saturated heterocycles. The quantitative estimate of drug-likeness (QED) is 0.750.